The molecule has 9 nitrogen and oxygen atoms in total. The number of ether oxygens (including phenoxy) is 1. The maximum Gasteiger partial charge on any atom is 0.274 e. The zero-order chi connectivity index (χ0) is 22.7. The molecule has 0 aliphatic carbocycles. The Bertz CT molecular complexity index is 1190. The fraction of sp³-hybridized carbons (Fsp3) is 0.391. The van der Waals surface area contributed by atoms with Gasteiger partial charge in [0.2, 0.25) is 5.91 Å². The number of nitrogens with zero attached hydrogens (tertiary/aromatic N) is 3. The summed E-state index contributed by atoms with van der Waals surface area (Å²) in [5.74, 6) is 0.589. The number of H-pyrrole nitrogens is 1. The van der Waals surface area contributed by atoms with Crippen molar-refractivity contribution in [1.29, 1.82) is 0 Å². The smallest absolute Gasteiger partial charge is 0.274 e. The van der Waals surface area contributed by atoms with E-state index in [1.54, 1.807) is 25.1 Å². The van der Waals surface area contributed by atoms with Crippen LogP contribution in [0.25, 0.3) is 5.52 Å². The lowest BCUT2D eigenvalue weighted by Gasteiger charge is -2.32. The molecule has 0 saturated carbocycles. The number of hydrogen-bond acceptors (Lipinski definition) is 5. The zero-order valence-corrected chi connectivity index (χ0v) is 18.3. The van der Waals surface area contributed by atoms with Crippen LogP contribution >= 0.6 is 0 Å². The van der Waals surface area contributed by atoms with Gasteiger partial charge in [-0.1, -0.05) is 12.1 Å². The molecule has 1 saturated heterocycles. The number of nitrogens with one attached hydrogen (secondary N) is 2. The van der Waals surface area contributed by atoms with Crippen molar-refractivity contribution >= 4 is 17.3 Å². The number of aryl methyl sites for hydroxylation is 2. The average molecular weight is 438 g/mol. The molecule has 2 N–H and O–H groups in total. The summed E-state index contributed by atoms with van der Waals surface area (Å²) in [6.07, 6.45) is 4.10. The molecule has 2 amide bonds. The van der Waals surface area contributed by atoms with Crippen molar-refractivity contribution < 1.29 is 14.3 Å². The second-order valence-corrected chi connectivity index (χ2v) is 8.11. The van der Waals surface area contributed by atoms with Gasteiger partial charge in [0.25, 0.3) is 11.5 Å². The second kappa shape index (κ2) is 9.25. The molecule has 0 radical (unpaired) electrons. The van der Waals surface area contributed by atoms with Crippen molar-refractivity contribution in [2.24, 2.45) is 0 Å². The first-order valence-electron chi connectivity index (χ1n) is 10.7. The third-order valence-corrected chi connectivity index (χ3v) is 5.74. The molecule has 1 aliphatic rings. The van der Waals surface area contributed by atoms with Crippen molar-refractivity contribution in [1.82, 2.24) is 24.8 Å². The van der Waals surface area contributed by atoms with Gasteiger partial charge in [-0.05, 0) is 43.9 Å². The van der Waals surface area contributed by atoms with Gasteiger partial charge in [0.05, 0.1) is 7.11 Å². The number of carbonyl (C=O) groups excluding carboxylic acids is 2. The SMILES string of the molecule is COc1cccc(CCC(=O)NC2CCN(C(=O)c3cc4c(=O)[nH]c(C)cn4n3)CC2)c1. The first-order chi connectivity index (χ1) is 15.4. The van der Waals surface area contributed by atoms with Crippen LogP contribution in [0.3, 0.4) is 0 Å². The first kappa shape index (κ1) is 21.6. The molecule has 1 aliphatic heterocycles. The molecular formula is C23H27N5O4. The highest BCUT2D eigenvalue weighted by Gasteiger charge is 2.26. The van der Waals surface area contributed by atoms with Gasteiger partial charge in [0.15, 0.2) is 5.69 Å². The second-order valence-electron chi connectivity index (χ2n) is 8.11. The Morgan fingerprint density at radius 2 is 2.03 bits per heavy atom. The van der Waals surface area contributed by atoms with E-state index in [0.29, 0.717) is 50.0 Å². The summed E-state index contributed by atoms with van der Waals surface area (Å²) in [5.41, 5.74) is 2.06. The summed E-state index contributed by atoms with van der Waals surface area (Å²) in [6, 6.07) is 9.28. The Balaban J connectivity index is 1.28. The average Bonchev–Trinajstić information content (AvgIpc) is 3.22. The van der Waals surface area contributed by atoms with Gasteiger partial charge in [-0.3, -0.25) is 14.4 Å². The van der Waals surface area contributed by atoms with E-state index in [1.807, 2.05) is 24.3 Å². The lowest BCUT2D eigenvalue weighted by molar-refractivity contribution is -0.122. The molecule has 1 fully saturated rings. The summed E-state index contributed by atoms with van der Waals surface area (Å²) in [4.78, 5) is 41.7. The number of amides is 2. The minimum atomic E-state index is -0.271. The molecule has 168 valence electrons. The van der Waals surface area contributed by atoms with Crippen LogP contribution in [0.15, 0.2) is 41.3 Å². The van der Waals surface area contributed by atoms with Crippen molar-refractivity contribution in [3.63, 3.8) is 0 Å². The van der Waals surface area contributed by atoms with Gasteiger partial charge in [0.1, 0.15) is 11.3 Å². The molecular weight excluding hydrogens is 410 g/mol. The number of piperidine rings is 1. The Kier molecular flexibility index (Phi) is 6.25. The molecule has 3 heterocycles. The monoisotopic (exact) mass is 437 g/mol. The third kappa shape index (κ3) is 4.82. The third-order valence-electron chi connectivity index (χ3n) is 5.74. The van der Waals surface area contributed by atoms with Gasteiger partial charge in [-0.15, -0.1) is 0 Å². The molecule has 9 heteroatoms. The Labute approximate surface area is 185 Å². The number of carbonyl (C=O) groups is 2. The molecule has 4 rings (SSSR count). The fourth-order valence-electron chi connectivity index (χ4n) is 4.00. The molecule has 2 aromatic heterocycles. The van der Waals surface area contributed by atoms with Gasteiger partial charge in [0, 0.05) is 43.5 Å². The van der Waals surface area contributed by atoms with Gasteiger partial charge < -0.3 is 19.9 Å². The van der Waals surface area contributed by atoms with Crippen LogP contribution in [-0.2, 0) is 11.2 Å². The molecule has 0 spiro atoms. The van der Waals surface area contributed by atoms with Crippen molar-refractivity contribution in [2.45, 2.75) is 38.6 Å². The number of aromatic nitrogens is 3. The summed E-state index contributed by atoms with van der Waals surface area (Å²) >= 11 is 0. The van der Waals surface area contributed by atoms with E-state index in [2.05, 4.69) is 15.4 Å². The highest BCUT2D eigenvalue weighted by atomic mass is 16.5. The number of likely N-dealkylation sites (tertiary alicyclic amines) is 1. The Hall–Kier alpha value is -3.62. The maximum absolute atomic E-state index is 12.8. The number of benzene rings is 1. The van der Waals surface area contributed by atoms with Crippen LogP contribution in [0.2, 0.25) is 0 Å². The van der Waals surface area contributed by atoms with E-state index in [0.717, 1.165) is 11.3 Å². The standard InChI is InChI=1S/C23H27N5O4/c1-15-14-28-20(22(30)24-15)13-19(26-28)23(31)27-10-8-17(9-11-27)25-21(29)7-6-16-4-3-5-18(12-16)32-2/h3-5,12-14,17H,6-11H2,1-2H3,(H,24,30)(H,25,29). The molecule has 0 bridgehead atoms. The van der Waals surface area contributed by atoms with Crippen LogP contribution < -0.4 is 15.6 Å². The van der Waals surface area contributed by atoms with E-state index in [9.17, 15) is 14.4 Å². The molecule has 1 aromatic carbocycles. The van der Waals surface area contributed by atoms with E-state index in [-0.39, 0.29) is 29.1 Å². The Morgan fingerprint density at radius 3 is 2.78 bits per heavy atom. The number of aromatic amines is 1. The van der Waals surface area contributed by atoms with Crippen molar-refractivity contribution in [2.75, 3.05) is 20.2 Å². The molecule has 0 atom stereocenters. The maximum atomic E-state index is 12.8. The minimum absolute atomic E-state index is 0.00698. The minimum Gasteiger partial charge on any atom is -0.497 e. The number of rotatable bonds is 6. The number of fused-ring (bicyclic) bond motifs is 1. The molecule has 32 heavy (non-hydrogen) atoms. The van der Waals surface area contributed by atoms with Crippen LogP contribution in [0.5, 0.6) is 5.75 Å². The highest BCUT2D eigenvalue weighted by Crippen LogP contribution is 2.16. The normalized spacial score (nSPS) is 14.5. The molecule has 0 unspecified atom stereocenters. The van der Waals surface area contributed by atoms with Gasteiger partial charge in [-0.2, -0.15) is 5.10 Å². The van der Waals surface area contributed by atoms with Crippen molar-refractivity contribution in [3.8, 4) is 5.75 Å². The van der Waals surface area contributed by atoms with Gasteiger partial charge >= 0.3 is 0 Å². The Morgan fingerprint density at radius 1 is 1.25 bits per heavy atom. The van der Waals surface area contributed by atoms with E-state index < -0.39 is 0 Å². The van der Waals surface area contributed by atoms with Crippen LogP contribution in [-0.4, -0.2) is 57.6 Å². The number of methoxy groups -OCH3 is 1. The number of hydrogen-bond donors (Lipinski definition) is 2. The van der Waals surface area contributed by atoms with Crippen LogP contribution in [0, 0.1) is 6.92 Å². The summed E-state index contributed by atoms with van der Waals surface area (Å²) in [7, 11) is 1.62. The van der Waals surface area contributed by atoms with E-state index in [4.69, 9.17) is 4.74 Å². The predicted molar refractivity (Wildman–Crippen MR) is 119 cm³/mol. The quantitative estimate of drug-likeness (QED) is 0.610. The topological polar surface area (TPSA) is 109 Å². The van der Waals surface area contributed by atoms with E-state index >= 15 is 0 Å². The largest absolute Gasteiger partial charge is 0.497 e. The first-order valence-corrected chi connectivity index (χ1v) is 10.7. The molecule has 3 aromatic rings. The predicted octanol–water partition coefficient (Wildman–Crippen LogP) is 1.69. The van der Waals surface area contributed by atoms with E-state index in [1.165, 1.54) is 10.6 Å². The van der Waals surface area contributed by atoms with Crippen LogP contribution in [0.4, 0.5) is 0 Å². The summed E-state index contributed by atoms with van der Waals surface area (Å²) in [6.45, 7) is 2.83. The lowest BCUT2D eigenvalue weighted by atomic mass is 10.0. The fourth-order valence-corrected chi connectivity index (χ4v) is 4.00. The summed E-state index contributed by atoms with van der Waals surface area (Å²) in [5, 5.41) is 7.35. The summed E-state index contributed by atoms with van der Waals surface area (Å²) < 4.78 is 6.66. The lowest BCUT2D eigenvalue weighted by Crippen LogP contribution is -2.46. The highest BCUT2D eigenvalue weighted by molar-refractivity contribution is 5.93. The van der Waals surface area contributed by atoms with Crippen LogP contribution in [0.1, 0.15) is 41.0 Å². The van der Waals surface area contributed by atoms with Gasteiger partial charge in [-0.25, -0.2) is 4.52 Å². The zero-order valence-electron chi connectivity index (χ0n) is 18.3. The van der Waals surface area contributed by atoms with Crippen molar-refractivity contribution in [3.05, 3.63) is 63.8 Å².